The van der Waals surface area contributed by atoms with E-state index in [9.17, 15) is 4.79 Å². The van der Waals surface area contributed by atoms with Crippen LogP contribution < -0.4 is 5.32 Å². The van der Waals surface area contributed by atoms with Gasteiger partial charge in [0.05, 0.1) is 18.8 Å². The van der Waals surface area contributed by atoms with E-state index in [4.69, 9.17) is 4.74 Å². The van der Waals surface area contributed by atoms with E-state index < -0.39 is 0 Å². The fourth-order valence-corrected chi connectivity index (χ4v) is 2.84. The molecule has 6 heteroatoms. The Morgan fingerprint density at radius 1 is 1.38 bits per heavy atom. The van der Waals surface area contributed by atoms with E-state index in [1.165, 1.54) is 12.8 Å². The van der Waals surface area contributed by atoms with E-state index in [-0.39, 0.29) is 12.0 Å². The molecule has 0 saturated carbocycles. The molecule has 0 aliphatic carbocycles. The zero-order chi connectivity index (χ0) is 14.5. The first kappa shape index (κ1) is 14.4. The van der Waals surface area contributed by atoms with Gasteiger partial charge >= 0.3 is 0 Å². The largest absolute Gasteiger partial charge is 0.370 e. The van der Waals surface area contributed by atoms with Crippen LogP contribution in [0.4, 0.5) is 0 Å². The molecule has 3 rings (SSSR count). The zero-order valence-corrected chi connectivity index (χ0v) is 12.3. The highest BCUT2D eigenvalue weighted by Gasteiger charge is 2.20. The van der Waals surface area contributed by atoms with Gasteiger partial charge in [0, 0.05) is 12.8 Å². The van der Waals surface area contributed by atoms with Crippen molar-refractivity contribution in [3.05, 3.63) is 23.8 Å². The van der Waals surface area contributed by atoms with Gasteiger partial charge in [0.2, 0.25) is 5.91 Å². The predicted octanol–water partition coefficient (Wildman–Crippen LogP) is 1.04. The molecule has 1 aromatic rings. The molecule has 2 aliphatic heterocycles. The summed E-state index contributed by atoms with van der Waals surface area (Å²) in [6.45, 7) is 3.79. The molecule has 114 valence electrons. The molecule has 0 unspecified atom stereocenters. The van der Waals surface area contributed by atoms with Crippen molar-refractivity contribution in [2.24, 2.45) is 0 Å². The first-order chi connectivity index (χ1) is 10.3. The molecule has 2 fully saturated rings. The zero-order valence-electron chi connectivity index (χ0n) is 12.3. The molecule has 0 radical (unpaired) electrons. The van der Waals surface area contributed by atoms with Gasteiger partial charge in [0.15, 0.2) is 5.82 Å². The molecule has 1 atom stereocenters. The van der Waals surface area contributed by atoms with Crippen molar-refractivity contribution in [1.29, 1.82) is 0 Å². The van der Waals surface area contributed by atoms with Crippen molar-refractivity contribution in [2.75, 3.05) is 26.2 Å². The van der Waals surface area contributed by atoms with Gasteiger partial charge in [-0.05, 0) is 44.8 Å². The van der Waals surface area contributed by atoms with E-state index in [1.54, 1.807) is 6.20 Å². The Labute approximate surface area is 124 Å². The van der Waals surface area contributed by atoms with Gasteiger partial charge < -0.3 is 10.1 Å². The fourth-order valence-electron chi connectivity index (χ4n) is 2.84. The quantitative estimate of drug-likeness (QED) is 0.877. The third kappa shape index (κ3) is 3.98. The van der Waals surface area contributed by atoms with Crippen LogP contribution >= 0.6 is 0 Å². The van der Waals surface area contributed by atoms with E-state index in [1.807, 2.05) is 6.07 Å². The Bertz CT molecular complexity index is 482. The number of likely N-dealkylation sites (tertiary alicyclic amines) is 1. The molecular formula is C15H22N4O2. The number of rotatable bonds is 5. The maximum Gasteiger partial charge on any atom is 0.234 e. The number of amides is 1. The average Bonchev–Trinajstić information content (AvgIpc) is 3.19. The van der Waals surface area contributed by atoms with Crippen LogP contribution in [-0.4, -0.2) is 47.0 Å². The Balaban J connectivity index is 1.50. The SMILES string of the molecule is O=C(CN1CCCC1)NCc1ccnc([C@H]2CCCO2)n1. The van der Waals surface area contributed by atoms with Crippen LogP contribution in [0.2, 0.25) is 0 Å². The summed E-state index contributed by atoms with van der Waals surface area (Å²) in [6.07, 6.45) is 6.19. The van der Waals surface area contributed by atoms with Crippen molar-refractivity contribution >= 4 is 5.91 Å². The Morgan fingerprint density at radius 3 is 3.00 bits per heavy atom. The molecule has 1 aromatic heterocycles. The third-order valence-electron chi connectivity index (χ3n) is 3.98. The normalized spacial score (nSPS) is 22.6. The lowest BCUT2D eigenvalue weighted by atomic mass is 10.2. The van der Waals surface area contributed by atoms with Gasteiger partial charge in [-0.15, -0.1) is 0 Å². The Morgan fingerprint density at radius 2 is 2.24 bits per heavy atom. The summed E-state index contributed by atoms with van der Waals surface area (Å²) in [5.41, 5.74) is 0.838. The summed E-state index contributed by atoms with van der Waals surface area (Å²) < 4.78 is 5.59. The summed E-state index contributed by atoms with van der Waals surface area (Å²) in [6, 6.07) is 1.84. The van der Waals surface area contributed by atoms with Crippen LogP contribution in [0.3, 0.4) is 0 Å². The molecule has 21 heavy (non-hydrogen) atoms. The van der Waals surface area contributed by atoms with Crippen molar-refractivity contribution in [2.45, 2.75) is 38.3 Å². The van der Waals surface area contributed by atoms with Crippen molar-refractivity contribution in [1.82, 2.24) is 20.2 Å². The van der Waals surface area contributed by atoms with E-state index in [0.29, 0.717) is 13.1 Å². The van der Waals surface area contributed by atoms with Crippen LogP contribution in [0.5, 0.6) is 0 Å². The lowest BCUT2D eigenvalue weighted by Gasteiger charge is -2.14. The summed E-state index contributed by atoms with van der Waals surface area (Å²) in [4.78, 5) is 22.8. The summed E-state index contributed by atoms with van der Waals surface area (Å²) in [5.74, 6) is 0.799. The van der Waals surface area contributed by atoms with Crippen LogP contribution in [0, 0.1) is 0 Å². The fraction of sp³-hybridized carbons (Fsp3) is 0.667. The number of hydrogen-bond acceptors (Lipinski definition) is 5. The van der Waals surface area contributed by atoms with Gasteiger partial charge in [-0.25, -0.2) is 9.97 Å². The van der Waals surface area contributed by atoms with Gasteiger partial charge in [0.25, 0.3) is 0 Å². The number of ether oxygens (including phenoxy) is 1. The molecule has 0 bridgehead atoms. The minimum atomic E-state index is 0.0188. The standard InChI is InChI=1S/C15H22N4O2/c20-14(11-19-7-1-2-8-19)17-10-12-5-6-16-15(18-12)13-4-3-9-21-13/h5-6,13H,1-4,7-11H2,(H,17,20)/t13-/m1/s1. The van der Waals surface area contributed by atoms with Crippen molar-refractivity contribution in [3.63, 3.8) is 0 Å². The van der Waals surface area contributed by atoms with E-state index >= 15 is 0 Å². The lowest BCUT2D eigenvalue weighted by Crippen LogP contribution is -2.35. The minimum absolute atomic E-state index is 0.0188. The number of carbonyl (C=O) groups is 1. The highest BCUT2D eigenvalue weighted by molar-refractivity contribution is 5.77. The number of carbonyl (C=O) groups excluding carboxylic acids is 1. The van der Waals surface area contributed by atoms with Gasteiger partial charge in [0.1, 0.15) is 6.10 Å². The number of aromatic nitrogens is 2. The maximum atomic E-state index is 11.9. The number of hydrogen-bond donors (Lipinski definition) is 1. The van der Waals surface area contributed by atoms with Crippen LogP contribution in [-0.2, 0) is 16.1 Å². The maximum absolute atomic E-state index is 11.9. The summed E-state index contributed by atoms with van der Waals surface area (Å²) in [7, 11) is 0. The number of nitrogens with one attached hydrogen (secondary N) is 1. The second-order valence-electron chi connectivity index (χ2n) is 5.67. The topological polar surface area (TPSA) is 67.4 Å². The second kappa shape index (κ2) is 6.95. The smallest absolute Gasteiger partial charge is 0.234 e. The monoisotopic (exact) mass is 290 g/mol. The molecule has 1 amide bonds. The Hall–Kier alpha value is -1.53. The average molecular weight is 290 g/mol. The predicted molar refractivity (Wildman–Crippen MR) is 77.5 cm³/mol. The second-order valence-corrected chi connectivity index (χ2v) is 5.67. The lowest BCUT2D eigenvalue weighted by molar-refractivity contribution is -0.122. The molecule has 6 nitrogen and oxygen atoms in total. The highest BCUT2D eigenvalue weighted by Crippen LogP contribution is 2.25. The molecule has 3 heterocycles. The molecular weight excluding hydrogens is 268 g/mol. The summed E-state index contributed by atoms with van der Waals surface area (Å²) in [5, 5.41) is 2.93. The third-order valence-corrected chi connectivity index (χ3v) is 3.98. The van der Waals surface area contributed by atoms with Gasteiger partial charge in [-0.2, -0.15) is 0 Å². The van der Waals surface area contributed by atoms with E-state index in [0.717, 1.165) is 44.1 Å². The molecule has 0 spiro atoms. The molecule has 1 N–H and O–H groups in total. The van der Waals surface area contributed by atoms with Gasteiger partial charge in [-0.1, -0.05) is 0 Å². The van der Waals surface area contributed by atoms with Crippen LogP contribution in [0.1, 0.15) is 43.3 Å². The summed E-state index contributed by atoms with van der Waals surface area (Å²) >= 11 is 0. The molecule has 2 aliphatic rings. The Kier molecular flexibility index (Phi) is 4.77. The first-order valence-corrected chi connectivity index (χ1v) is 7.74. The number of nitrogens with zero attached hydrogens (tertiary/aromatic N) is 3. The first-order valence-electron chi connectivity index (χ1n) is 7.74. The van der Waals surface area contributed by atoms with Crippen LogP contribution in [0.15, 0.2) is 12.3 Å². The van der Waals surface area contributed by atoms with Crippen molar-refractivity contribution < 1.29 is 9.53 Å². The van der Waals surface area contributed by atoms with E-state index in [2.05, 4.69) is 20.2 Å². The van der Waals surface area contributed by atoms with Gasteiger partial charge in [-0.3, -0.25) is 9.69 Å². The minimum Gasteiger partial charge on any atom is -0.370 e. The van der Waals surface area contributed by atoms with Crippen LogP contribution in [0.25, 0.3) is 0 Å². The molecule has 2 saturated heterocycles. The highest BCUT2D eigenvalue weighted by atomic mass is 16.5. The van der Waals surface area contributed by atoms with Crippen molar-refractivity contribution in [3.8, 4) is 0 Å². The molecule has 0 aromatic carbocycles.